The Hall–Kier alpha value is -2.56. The SMILES string of the molecule is COc1ccc(NC(=O)c2ccncc2)cc1OC. The van der Waals surface area contributed by atoms with Crippen LogP contribution in [0.1, 0.15) is 10.4 Å². The van der Waals surface area contributed by atoms with E-state index in [1.807, 2.05) is 0 Å². The van der Waals surface area contributed by atoms with Gasteiger partial charge in [0.1, 0.15) is 0 Å². The van der Waals surface area contributed by atoms with Crippen LogP contribution in [-0.2, 0) is 0 Å². The minimum atomic E-state index is -0.199. The number of carbonyl (C=O) groups is 1. The molecule has 1 N–H and O–H groups in total. The van der Waals surface area contributed by atoms with Crippen molar-refractivity contribution in [2.24, 2.45) is 0 Å². The lowest BCUT2D eigenvalue weighted by Crippen LogP contribution is -2.11. The predicted octanol–water partition coefficient (Wildman–Crippen LogP) is 2.35. The highest BCUT2D eigenvalue weighted by atomic mass is 16.5. The van der Waals surface area contributed by atoms with Crippen LogP contribution in [0, 0.1) is 0 Å². The van der Waals surface area contributed by atoms with Crippen molar-refractivity contribution in [3.8, 4) is 11.5 Å². The molecule has 1 aromatic heterocycles. The zero-order valence-corrected chi connectivity index (χ0v) is 10.7. The van der Waals surface area contributed by atoms with Gasteiger partial charge in [-0.2, -0.15) is 0 Å². The van der Waals surface area contributed by atoms with Crippen LogP contribution in [0.25, 0.3) is 0 Å². The number of carbonyl (C=O) groups excluding carboxylic acids is 1. The number of aromatic nitrogens is 1. The number of benzene rings is 1. The Morgan fingerprint density at radius 3 is 2.37 bits per heavy atom. The van der Waals surface area contributed by atoms with Gasteiger partial charge >= 0.3 is 0 Å². The van der Waals surface area contributed by atoms with Crippen LogP contribution >= 0.6 is 0 Å². The Morgan fingerprint density at radius 2 is 1.74 bits per heavy atom. The van der Waals surface area contributed by atoms with E-state index in [-0.39, 0.29) is 5.91 Å². The molecule has 2 aromatic rings. The molecule has 2 rings (SSSR count). The maximum Gasteiger partial charge on any atom is 0.255 e. The summed E-state index contributed by atoms with van der Waals surface area (Å²) < 4.78 is 10.3. The molecule has 0 fully saturated rings. The second kappa shape index (κ2) is 5.86. The van der Waals surface area contributed by atoms with Gasteiger partial charge in [0.25, 0.3) is 5.91 Å². The van der Waals surface area contributed by atoms with E-state index in [1.165, 1.54) is 0 Å². The summed E-state index contributed by atoms with van der Waals surface area (Å²) in [6.07, 6.45) is 3.15. The minimum absolute atomic E-state index is 0.199. The van der Waals surface area contributed by atoms with Crippen molar-refractivity contribution in [2.45, 2.75) is 0 Å². The Bertz CT molecular complexity index is 570. The van der Waals surface area contributed by atoms with Crippen LogP contribution in [0.2, 0.25) is 0 Å². The first-order valence-electron chi connectivity index (χ1n) is 5.68. The molecule has 0 aliphatic heterocycles. The molecule has 0 atom stereocenters. The van der Waals surface area contributed by atoms with Gasteiger partial charge in [-0.05, 0) is 24.3 Å². The first-order valence-corrected chi connectivity index (χ1v) is 5.68. The molecule has 1 amide bonds. The maximum absolute atomic E-state index is 12.0. The Labute approximate surface area is 111 Å². The molecule has 0 bridgehead atoms. The molecule has 0 radical (unpaired) electrons. The molecule has 1 heterocycles. The Balaban J connectivity index is 2.18. The number of methoxy groups -OCH3 is 2. The van der Waals surface area contributed by atoms with Gasteiger partial charge in [0, 0.05) is 29.7 Å². The Kier molecular flexibility index (Phi) is 3.97. The highest BCUT2D eigenvalue weighted by Crippen LogP contribution is 2.29. The average molecular weight is 258 g/mol. The van der Waals surface area contributed by atoms with E-state index in [4.69, 9.17) is 9.47 Å². The summed E-state index contributed by atoms with van der Waals surface area (Å²) in [6.45, 7) is 0. The molecule has 0 unspecified atom stereocenters. The predicted molar refractivity (Wildman–Crippen MR) is 71.7 cm³/mol. The minimum Gasteiger partial charge on any atom is -0.493 e. The van der Waals surface area contributed by atoms with E-state index in [1.54, 1.807) is 56.9 Å². The summed E-state index contributed by atoms with van der Waals surface area (Å²) in [5.74, 6) is 0.981. The highest BCUT2D eigenvalue weighted by molar-refractivity contribution is 6.04. The standard InChI is InChI=1S/C14H14N2O3/c1-18-12-4-3-11(9-13(12)19-2)16-14(17)10-5-7-15-8-6-10/h3-9H,1-2H3,(H,16,17). The van der Waals surface area contributed by atoms with E-state index in [2.05, 4.69) is 10.3 Å². The van der Waals surface area contributed by atoms with Gasteiger partial charge in [0.15, 0.2) is 11.5 Å². The van der Waals surface area contributed by atoms with Crippen molar-refractivity contribution in [1.29, 1.82) is 0 Å². The number of pyridine rings is 1. The fraction of sp³-hybridized carbons (Fsp3) is 0.143. The first-order chi connectivity index (χ1) is 9.24. The number of nitrogens with one attached hydrogen (secondary N) is 1. The van der Waals surface area contributed by atoms with Gasteiger partial charge in [-0.25, -0.2) is 0 Å². The summed E-state index contributed by atoms with van der Waals surface area (Å²) >= 11 is 0. The van der Waals surface area contributed by atoms with Crippen LogP contribution in [0.3, 0.4) is 0 Å². The molecule has 5 heteroatoms. The molecule has 0 saturated heterocycles. The topological polar surface area (TPSA) is 60.5 Å². The molecule has 0 spiro atoms. The fourth-order valence-corrected chi connectivity index (χ4v) is 1.62. The number of ether oxygens (including phenoxy) is 2. The highest BCUT2D eigenvalue weighted by Gasteiger charge is 2.08. The molecule has 0 aliphatic carbocycles. The lowest BCUT2D eigenvalue weighted by Gasteiger charge is -2.10. The third-order valence-corrected chi connectivity index (χ3v) is 2.58. The van der Waals surface area contributed by atoms with Crippen LogP contribution in [0.5, 0.6) is 11.5 Å². The van der Waals surface area contributed by atoms with Gasteiger partial charge in [0.2, 0.25) is 0 Å². The van der Waals surface area contributed by atoms with Crippen molar-refractivity contribution in [3.63, 3.8) is 0 Å². The summed E-state index contributed by atoms with van der Waals surface area (Å²) in [7, 11) is 3.11. The fourth-order valence-electron chi connectivity index (χ4n) is 1.62. The molecule has 98 valence electrons. The first kappa shape index (κ1) is 12.9. The number of hydrogen-bond donors (Lipinski definition) is 1. The molecular formula is C14H14N2O3. The quantitative estimate of drug-likeness (QED) is 0.914. The normalized spacial score (nSPS) is 9.79. The van der Waals surface area contributed by atoms with Gasteiger partial charge in [-0.15, -0.1) is 0 Å². The largest absolute Gasteiger partial charge is 0.493 e. The van der Waals surface area contributed by atoms with Crippen molar-refractivity contribution in [2.75, 3.05) is 19.5 Å². The van der Waals surface area contributed by atoms with Crippen molar-refractivity contribution < 1.29 is 14.3 Å². The summed E-state index contributed by atoms with van der Waals surface area (Å²) in [5.41, 5.74) is 1.18. The van der Waals surface area contributed by atoms with E-state index in [0.717, 1.165) is 0 Å². The molecule has 1 aromatic carbocycles. The molecule has 19 heavy (non-hydrogen) atoms. The summed E-state index contributed by atoms with van der Waals surface area (Å²) in [6, 6.07) is 8.49. The third kappa shape index (κ3) is 3.01. The van der Waals surface area contributed by atoms with E-state index in [0.29, 0.717) is 22.7 Å². The zero-order valence-electron chi connectivity index (χ0n) is 10.7. The molecule has 0 saturated carbocycles. The summed E-state index contributed by atoms with van der Waals surface area (Å²) in [4.78, 5) is 15.8. The lowest BCUT2D eigenvalue weighted by atomic mass is 10.2. The number of anilines is 1. The van der Waals surface area contributed by atoms with Crippen LogP contribution in [0.15, 0.2) is 42.7 Å². The zero-order chi connectivity index (χ0) is 13.7. The van der Waals surface area contributed by atoms with E-state index < -0.39 is 0 Å². The molecule has 5 nitrogen and oxygen atoms in total. The Morgan fingerprint density at radius 1 is 1.05 bits per heavy atom. The maximum atomic E-state index is 12.0. The molecular weight excluding hydrogens is 244 g/mol. The number of nitrogens with zero attached hydrogens (tertiary/aromatic N) is 1. The van der Waals surface area contributed by atoms with Crippen LogP contribution in [0.4, 0.5) is 5.69 Å². The smallest absolute Gasteiger partial charge is 0.255 e. The van der Waals surface area contributed by atoms with E-state index >= 15 is 0 Å². The second-order valence-electron chi connectivity index (χ2n) is 3.76. The van der Waals surface area contributed by atoms with Crippen molar-refractivity contribution in [1.82, 2.24) is 4.98 Å². The van der Waals surface area contributed by atoms with Gasteiger partial charge < -0.3 is 14.8 Å². The van der Waals surface area contributed by atoms with Gasteiger partial charge in [-0.3, -0.25) is 9.78 Å². The second-order valence-corrected chi connectivity index (χ2v) is 3.76. The van der Waals surface area contributed by atoms with Crippen LogP contribution in [-0.4, -0.2) is 25.1 Å². The van der Waals surface area contributed by atoms with Gasteiger partial charge in [-0.1, -0.05) is 0 Å². The lowest BCUT2D eigenvalue weighted by molar-refractivity contribution is 0.102. The van der Waals surface area contributed by atoms with Crippen molar-refractivity contribution >= 4 is 11.6 Å². The number of amides is 1. The third-order valence-electron chi connectivity index (χ3n) is 2.58. The summed E-state index contributed by atoms with van der Waals surface area (Å²) in [5, 5.41) is 2.78. The molecule has 0 aliphatic rings. The van der Waals surface area contributed by atoms with Crippen molar-refractivity contribution in [3.05, 3.63) is 48.3 Å². The van der Waals surface area contributed by atoms with Crippen LogP contribution < -0.4 is 14.8 Å². The average Bonchev–Trinajstić information content (AvgIpc) is 2.48. The number of hydrogen-bond acceptors (Lipinski definition) is 4. The number of rotatable bonds is 4. The van der Waals surface area contributed by atoms with Gasteiger partial charge in [0.05, 0.1) is 14.2 Å². The monoisotopic (exact) mass is 258 g/mol. The van der Waals surface area contributed by atoms with E-state index in [9.17, 15) is 4.79 Å².